The van der Waals surface area contributed by atoms with Gasteiger partial charge in [0.25, 0.3) is 5.91 Å². The van der Waals surface area contributed by atoms with E-state index in [0.29, 0.717) is 4.90 Å². The van der Waals surface area contributed by atoms with Crippen LogP contribution in [0, 0.1) is 0 Å². The Hall–Kier alpha value is -1.64. The largest absolute Gasteiger partial charge is 0.461 e. The van der Waals surface area contributed by atoms with E-state index < -0.39 is 24.6 Å². The van der Waals surface area contributed by atoms with Gasteiger partial charge in [-0.25, -0.2) is 9.78 Å². The van der Waals surface area contributed by atoms with Gasteiger partial charge < -0.3 is 9.64 Å². The molecule has 0 fully saturated rings. The van der Waals surface area contributed by atoms with E-state index in [1.54, 1.807) is 6.92 Å². The number of aromatic nitrogens is 1. The highest BCUT2D eigenvalue weighted by atomic mass is 32.1. The van der Waals surface area contributed by atoms with E-state index in [1.807, 2.05) is 0 Å². The topological polar surface area (TPSA) is 59.5 Å². The van der Waals surface area contributed by atoms with E-state index in [4.69, 9.17) is 0 Å². The van der Waals surface area contributed by atoms with Crippen LogP contribution in [-0.2, 0) is 4.74 Å². The number of hydrogen-bond donors (Lipinski definition) is 0. The molecule has 0 radical (unpaired) electrons. The van der Waals surface area contributed by atoms with Gasteiger partial charge in [0.1, 0.15) is 12.2 Å². The second kappa shape index (κ2) is 6.00. The van der Waals surface area contributed by atoms with Crippen LogP contribution in [0.5, 0.6) is 0 Å². The van der Waals surface area contributed by atoms with Gasteiger partial charge in [0.15, 0.2) is 0 Å². The highest BCUT2D eigenvalue weighted by Crippen LogP contribution is 2.18. The Balaban J connectivity index is 2.76. The fraction of sp³-hybridized carbons (Fsp3) is 0.500. The van der Waals surface area contributed by atoms with Gasteiger partial charge >= 0.3 is 12.1 Å². The van der Waals surface area contributed by atoms with E-state index in [1.165, 1.54) is 5.38 Å². The maximum atomic E-state index is 12.1. The normalized spacial score (nSPS) is 11.2. The summed E-state index contributed by atoms with van der Waals surface area (Å²) in [5.41, 5.74) is -0.209. The standard InChI is InChI=1S/C10H11F3N2O3S/c1-3-18-9(17)7-14-6(4-19-7)8(16)15(2)5-10(11,12)13/h4H,3,5H2,1-2H3. The number of nitrogens with zero attached hydrogens (tertiary/aromatic N) is 2. The third-order valence-corrected chi connectivity index (χ3v) is 2.76. The number of amides is 1. The predicted octanol–water partition coefficient (Wildman–Crippen LogP) is 1.95. The molecule has 0 saturated carbocycles. The molecular weight excluding hydrogens is 285 g/mol. The Bertz CT molecular complexity index is 473. The Morgan fingerprint density at radius 1 is 1.47 bits per heavy atom. The highest BCUT2D eigenvalue weighted by Gasteiger charge is 2.32. The lowest BCUT2D eigenvalue weighted by Gasteiger charge is -2.17. The molecule has 1 heterocycles. The van der Waals surface area contributed by atoms with Crippen molar-refractivity contribution in [3.63, 3.8) is 0 Å². The second-order valence-corrected chi connectivity index (χ2v) is 4.39. The van der Waals surface area contributed by atoms with Crippen molar-refractivity contribution in [2.45, 2.75) is 13.1 Å². The molecule has 0 spiro atoms. The number of alkyl halides is 3. The maximum absolute atomic E-state index is 12.1. The molecule has 0 bridgehead atoms. The zero-order valence-corrected chi connectivity index (χ0v) is 11.0. The Morgan fingerprint density at radius 2 is 2.11 bits per heavy atom. The van der Waals surface area contributed by atoms with Gasteiger partial charge in [-0.2, -0.15) is 13.2 Å². The van der Waals surface area contributed by atoms with Crippen molar-refractivity contribution in [3.8, 4) is 0 Å². The Labute approximate surface area is 111 Å². The van der Waals surface area contributed by atoms with Crippen LogP contribution >= 0.6 is 11.3 Å². The zero-order valence-electron chi connectivity index (χ0n) is 10.2. The quantitative estimate of drug-likeness (QED) is 0.797. The molecule has 0 atom stereocenters. The summed E-state index contributed by atoms with van der Waals surface area (Å²) in [7, 11) is 1.01. The molecule has 0 aliphatic rings. The smallest absolute Gasteiger partial charge is 0.406 e. The lowest BCUT2D eigenvalue weighted by molar-refractivity contribution is -0.138. The lowest BCUT2D eigenvalue weighted by Crippen LogP contribution is -2.36. The first-order valence-electron chi connectivity index (χ1n) is 5.19. The number of esters is 1. The van der Waals surface area contributed by atoms with Crippen molar-refractivity contribution in [2.75, 3.05) is 20.2 Å². The number of carbonyl (C=O) groups is 2. The van der Waals surface area contributed by atoms with Crippen molar-refractivity contribution in [1.29, 1.82) is 0 Å². The first-order chi connectivity index (χ1) is 8.74. The second-order valence-electron chi connectivity index (χ2n) is 3.53. The number of halogens is 3. The highest BCUT2D eigenvalue weighted by molar-refractivity contribution is 7.11. The minimum absolute atomic E-state index is 0.0643. The van der Waals surface area contributed by atoms with Crippen LogP contribution in [0.4, 0.5) is 13.2 Å². The maximum Gasteiger partial charge on any atom is 0.406 e. The van der Waals surface area contributed by atoms with Gasteiger partial charge in [0.05, 0.1) is 6.61 Å². The average Bonchev–Trinajstić information content (AvgIpc) is 2.75. The first kappa shape index (κ1) is 15.4. The van der Waals surface area contributed by atoms with Crippen molar-refractivity contribution in [2.24, 2.45) is 0 Å². The fourth-order valence-corrected chi connectivity index (χ4v) is 1.88. The lowest BCUT2D eigenvalue weighted by atomic mass is 10.4. The van der Waals surface area contributed by atoms with Gasteiger partial charge in [-0.1, -0.05) is 0 Å². The summed E-state index contributed by atoms with van der Waals surface area (Å²) < 4.78 is 41.1. The summed E-state index contributed by atoms with van der Waals surface area (Å²) in [5.74, 6) is -1.60. The third-order valence-electron chi connectivity index (χ3n) is 1.94. The minimum Gasteiger partial charge on any atom is -0.461 e. The summed E-state index contributed by atoms with van der Waals surface area (Å²) in [4.78, 5) is 27.1. The van der Waals surface area contributed by atoms with Crippen molar-refractivity contribution in [1.82, 2.24) is 9.88 Å². The van der Waals surface area contributed by atoms with Crippen molar-refractivity contribution >= 4 is 23.2 Å². The summed E-state index contributed by atoms with van der Waals surface area (Å²) >= 11 is 0.847. The molecule has 19 heavy (non-hydrogen) atoms. The van der Waals surface area contributed by atoms with Crippen LogP contribution in [0.2, 0.25) is 0 Å². The van der Waals surface area contributed by atoms with Crippen LogP contribution in [0.1, 0.15) is 27.2 Å². The summed E-state index contributed by atoms with van der Waals surface area (Å²) in [5, 5.41) is 1.16. The zero-order chi connectivity index (χ0) is 14.6. The van der Waals surface area contributed by atoms with Crippen LogP contribution in [0.15, 0.2) is 5.38 Å². The van der Waals surface area contributed by atoms with Crippen LogP contribution in [-0.4, -0.2) is 48.1 Å². The first-order valence-corrected chi connectivity index (χ1v) is 6.07. The number of hydrogen-bond acceptors (Lipinski definition) is 5. The van der Waals surface area contributed by atoms with Gasteiger partial charge in [-0.05, 0) is 6.92 Å². The molecule has 0 unspecified atom stereocenters. The molecule has 1 amide bonds. The van der Waals surface area contributed by atoms with Gasteiger partial charge in [0.2, 0.25) is 5.01 Å². The van der Waals surface area contributed by atoms with E-state index in [-0.39, 0.29) is 17.3 Å². The number of thiazole rings is 1. The Kier molecular flexibility index (Phi) is 4.87. The van der Waals surface area contributed by atoms with Gasteiger partial charge in [0, 0.05) is 12.4 Å². The van der Waals surface area contributed by atoms with Crippen LogP contribution in [0.3, 0.4) is 0 Å². The van der Waals surface area contributed by atoms with Crippen molar-refractivity contribution in [3.05, 3.63) is 16.1 Å². The molecule has 0 N–H and O–H groups in total. The molecule has 106 valence electrons. The molecule has 1 aromatic heterocycles. The Morgan fingerprint density at radius 3 is 2.63 bits per heavy atom. The van der Waals surface area contributed by atoms with Gasteiger partial charge in [-0.15, -0.1) is 11.3 Å². The summed E-state index contributed by atoms with van der Waals surface area (Å²) in [6.45, 7) is 0.377. The summed E-state index contributed by atoms with van der Waals surface area (Å²) in [6, 6.07) is 0. The van der Waals surface area contributed by atoms with E-state index in [2.05, 4.69) is 9.72 Å². The summed E-state index contributed by atoms with van der Waals surface area (Å²) in [6.07, 6.45) is -4.48. The minimum atomic E-state index is -4.48. The predicted molar refractivity (Wildman–Crippen MR) is 61.1 cm³/mol. The molecule has 0 aliphatic carbocycles. The molecule has 5 nitrogen and oxygen atoms in total. The molecule has 1 aromatic rings. The van der Waals surface area contributed by atoms with Crippen molar-refractivity contribution < 1.29 is 27.5 Å². The fourth-order valence-electron chi connectivity index (χ4n) is 1.19. The SMILES string of the molecule is CCOC(=O)c1nc(C(=O)N(C)CC(F)(F)F)cs1. The molecule has 9 heteroatoms. The molecule has 0 saturated heterocycles. The molecule has 1 rings (SSSR count). The number of ether oxygens (including phenoxy) is 1. The molecule has 0 aromatic carbocycles. The van der Waals surface area contributed by atoms with E-state index in [9.17, 15) is 22.8 Å². The van der Waals surface area contributed by atoms with Crippen LogP contribution < -0.4 is 0 Å². The number of carbonyl (C=O) groups excluding carboxylic acids is 2. The number of rotatable bonds is 4. The molecule has 0 aliphatic heterocycles. The third kappa shape index (κ3) is 4.51. The monoisotopic (exact) mass is 296 g/mol. The van der Waals surface area contributed by atoms with E-state index in [0.717, 1.165) is 18.4 Å². The van der Waals surface area contributed by atoms with Gasteiger partial charge in [-0.3, -0.25) is 4.79 Å². The van der Waals surface area contributed by atoms with E-state index >= 15 is 0 Å². The average molecular weight is 296 g/mol. The molecular formula is C10H11F3N2O3S. The van der Waals surface area contributed by atoms with Crippen LogP contribution in [0.25, 0.3) is 0 Å².